The minimum absolute atomic E-state index is 0.00798. The molecule has 3 aliphatic rings. The first-order chi connectivity index (χ1) is 19.9. The molecule has 2 aromatic carbocycles. The average Bonchev–Trinajstić information content (AvgIpc) is 3.07. The molecule has 0 unspecified atom stereocenters. The van der Waals surface area contributed by atoms with Gasteiger partial charge in [0.25, 0.3) is 5.91 Å². The fraction of sp³-hybridized carbons (Fsp3) is 0.588. The quantitative estimate of drug-likeness (QED) is 0.375. The van der Waals surface area contributed by atoms with Crippen molar-refractivity contribution < 1.29 is 23.8 Å². The van der Waals surface area contributed by atoms with Crippen LogP contribution in [-0.2, 0) is 23.8 Å². The number of amides is 2. The summed E-state index contributed by atoms with van der Waals surface area (Å²) in [5.74, 6) is -0.290. The van der Waals surface area contributed by atoms with Gasteiger partial charge >= 0.3 is 0 Å². The second-order valence-electron chi connectivity index (χ2n) is 13.1. The van der Waals surface area contributed by atoms with Crippen LogP contribution < -0.4 is 4.90 Å². The summed E-state index contributed by atoms with van der Waals surface area (Å²) in [6.07, 6.45) is 1.59. The normalized spacial score (nSPS) is 24.3. The van der Waals surface area contributed by atoms with Crippen LogP contribution in [0.25, 0.3) is 0 Å². The Balaban J connectivity index is 1.53. The van der Waals surface area contributed by atoms with Crippen molar-refractivity contribution in [3.63, 3.8) is 0 Å². The molecule has 8 heteroatoms. The van der Waals surface area contributed by atoms with Gasteiger partial charge in [0.2, 0.25) is 5.91 Å². The maximum atomic E-state index is 14.5. The molecule has 7 nitrogen and oxygen atoms in total. The SMILES string of the molecule is CCC1CCN(C(=O)C[C@H]2O[C@H](c3cccc(C)c3C)c3cc(Cl)ccc3N(CC3(C)COC(C)(C)OC3)C2=O)CC1. The molecule has 42 heavy (non-hydrogen) atoms. The van der Waals surface area contributed by atoms with Gasteiger partial charge in [0.15, 0.2) is 5.79 Å². The molecule has 2 fully saturated rings. The molecule has 5 rings (SSSR count). The van der Waals surface area contributed by atoms with Crippen LogP contribution in [0.3, 0.4) is 0 Å². The van der Waals surface area contributed by atoms with Crippen molar-refractivity contribution in [1.82, 2.24) is 4.90 Å². The summed E-state index contributed by atoms with van der Waals surface area (Å²) in [7, 11) is 0. The number of ether oxygens (including phenoxy) is 3. The van der Waals surface area contributed by atoms with Crippen LogP contribution in [-0.4, -0.2) is 61.5 Å². The Kier molecular flexibility index (Phi) is 9.06. The van der Waals surface area contributed by atoms with Gasteiger partial charge in [-0.05, 0) is 81.3 Å². The van der Waals surface area contributed by atoms with Gasteiger partial charge in [-0.2, -0.15) is 0 Å². The second kappa shape index (κ2) is 12.3. The topological polar surface area (TPSA) is 68.3 Å². The zero-order valence-electron chi connectivity index (χ0n) is 25.9. The van der Waals surface area contributed by atoms with Gasteiger partial charge in [-0.25, -0.2) is 0 Å². The molecule has 0 spiro atoms. The molecule has 0 saturated carbocycles. The first kappa shape index (κ1) is 31.0. The molecule has 2 aromatic rings. The number of nitrogens with zero attached hydrogens (tertiary/aromatic N) is 2. The van der Waals surface area contributed by atoms with Crippen LogP contribution in [0.5, 0.6) is 0 Å². The number of carbonyl (C=O) groups excluding carboxylic acids is 2. The van der Waals surface area contributed by atoms with Gasteiger partial charge in [0, 0.05) is 41.3 Å². The Hall–Kier alpha value is -2.45. The Morgan fingerprint density at radius 1 is 1.02 bits per heavy atom. The first-order valence-corrected chi connectivity index (χ1v) is 15.7. The number of rotatable bonds is 6. The van der Waals surface area contributed by atoms with E-state index in [0.717, 1.165) is 60.3 Å². The van der Waals surface area contributed by atoms with E-state index in [-0.39, 0.29) is 18.2 Å². The Morgan fingerprint density at radius 2 is 1.71 bits per heavy atom. The van der Waals surface area contributed by atoms with Gasteiger partial charge in [0.05, 0.1) is 19.6 Å². The molecule has 3 heterocycles. The number of carbonyl (C=O) groups is 2. The number of anilines is 1. The number of hydrogen-bond donors (Lipinski definition) is 0. The summed E-state index contributed by atoms with van der Waals surface area (Å²) in [6.45, 7) is 14.9. The van der Waals surface area contributed by atoms with Crippen molar-refractivity contribution in [2.24, 2.45) is 11.3 Å². The summed E-state index contributed by atoms with van der Waals surface area (Å²) in [5, 5.41) is 0.561. The molecule has 2 saturated heterocycles. The molecule has 3 aliphatic heterocycles. The van der Waals surface area contributed by atoms with E-state index in [1.54, 1.807) is 4.90 Å². The van der Waals surface area contributed by atoms with Crippen LogP contribution in [0, 0.1) is 25.2 Å². The highest BCUT2D eigenvalue weighted by Gasteiger charge is 2.44. The molecule has 0 bridgehead atoms. The lowest BCUT2D eigenvalue weighted by molar-refractivity contribution is -0.280. The van der Waals surface area contributed by atoms with Gasteiger partial charge < -0.3 is 24.0 Å². The predicted molar refractivity (Wildman–Crippen MR) is 165 cm³/mol. The van der Waals surface area contributed by atoms with E-state index in [9.17, 15) is 9.59 Å². The number of aryl methyl sites for hydroxylation is 1. The van der Waals surface area contributed by atoms with Gasteiger partial charge in [-0.3, -0.25) is 9.59 Å². The van der Waals surface area contributed by atoms with E-state index >= 15 is 0 Å². The third kappa shape index (κ3) is 6.54. The highest BCUT2D eigenvalue weighted by Crippen LogP contribution is 2.43. The number of hydrogen-bond acceptors (Lipinski definition) is 5. The summed E-state index contributed by atoms with van der Waals surface area (Å²) in [6, 6.07) is 11.7. The Bertz CT molecular complexity index is 1310. The van der Waals surface area contributed by atoms with Crippen molar-refractivity contribution in [1.29, 1.82) is 0 Å². The molecule has 0 N–H and O–H groups in total. The summed E-state index contributed by atoms with van der Waals surface area (Å²) < 4.78 is 18.8. The lowest BCUT2D eigenvalue weighted by Crippen LogP contribution is -2.53. The van der Waals surface area contributed by atoms with E-state index in [1.165, 1.54) is 0 Å². The summed E-state index contributed by atoms with van der Waals surface area (Å²) >= 11 is 6.57. The fourth-order valence-electron chi connectivity index (χ4n) is 6.30. The monoisotopic (exact) mass is 596 g/mol. The molecule has 228 valence electrons. The maximum absolute atomic E-state index is 14.5. The maximum Gasteiger partial charge on any atom is 0.256 e. The number of likely N-dealkylation sites (tertiary alicyclic amines) is 1. The number of piperidine rings is 1. The Morgan fingerprint density at radius 3 is 2.38 bits per heavy atom. The van der Waals surface area contributed by atoms with E-state index < -0.39 is 23.4 Å². The van der Waals surface area contributed by atoms with Crippen LogP contribution in [0.15, 0.2) is 36.4 Å². The van der Waals surface area contributed by atoms with Crippen LogP contribution in [0.2, 0.25) is 5.02 Å². The highest BCUT2D eigenvalue weighted by molar-refractivity contribution is 6.30. The standard InChI is InChI=1S/C34H45ClN2O5/c1-7-24-13-15-36(16-14-24)30(38)18-29-32(39)37(19-34(6)20-40-33(4,5)41-21-34)28-12-11-25(35)17-27(28)31(42-29)26-10-8-9-22(2)23(26)3/h8-12,17,24,29,31H,7,13-16,18-21H2,1-6H3/t29-,31-/m1/s1. The van der Waals surface area contributed by atoms with E-state index in [2.05, 4.69) is 33.8 Å². The zero-order valence-corrected chi connectivity index (χ0v) is 26.6. The molecular formula is C34H45ClN2O5. The summed E-state index contributed by atoms with van der Waals surface area (Å²) in [5.41, 5.74) is 4.27. The lowest BCUT2D eigenvalue weighted by Gasteiger charge is -2.43. The fourth-order valence-corrected chi connectivity index (χ4v) is 6.48. The number of benzene rings is 2. The molecule has 2 atom stereocenters. The molecule has 0 aliphatic carbocycles. The predicted octanol–water partition coefficient (Wildman–Crippen LogP) is 6.61. The van der Waals surface area contributed by atoms with Crippen LogP contribution in [0.1, 0.15) is 81.7 Å². The largest absolute Gasteiger partial charge is 0.355 e. The minimum atomic E-state index is -0.956. The van der Waals surface area contributed by atoms with Crippen LogP contribution >= 0.6 is 11.6 Å². The Labute approximate surface area is 255 Å². The molecule has 0 aromatic heterocycles. The number of halogens is 1. The van der Waals surface area contributed by atoms with Crippen molar-refractivity contribution >= 4 is 29.1 Å². The average molecular weight is 597 g/mol. The van der Waals surface area contributed by atoms with Gasteiger partial charge in [-0.15, -0.1) is 0 Å². The third-order valence-electron chi connectivity index (χ3n) is 9.31. The van der Waals surface area contributed by atoms with Crippen molar-refractivity contribution in [2.45, 2.75) is 85.2 Å². The summed E-state index contributed by atoms with van der Waals surface area (Å²) in [4.78, 5) is 31.8. The van der Waals surface area contributed by atoms with Crippen molar-refractivity contribution in [3.05, 3.63) is 63.7 Å². The molecule has 0 radical (unpaired) electrons. The molecular weight excluding hydrogens is 552 g/mol. The van der Waals surface area contributed by atoms with Crippen molar-refractivity contribution in [2.75, 3.05) is 37.7 Å². The minimum Gasteiger partial charge on any atom is -0.355 e. The third-order valence-corrected chi connectivity index (χ3v) is 9.55. The number of fused-ring (bicyclic) bond motifs is 1. The van der Waals surface area contributed by atoms with E-state index in [1.807, 2.05) is 49.1 Å². The zero-order chi connectivity index (χ0) is 30.2. The van der Waals surface area contributed by atoms with Crippen molar-refractivity contribution in [3.8, 4) is 0 Å². The lowest BCUT2D eigenvalue weighted by atomic mass is 9.89. The van der Waals surface area contributed by atoms with Gasteiger partial charge in [-0.1, -0.05) is 50.1 Å². The van der Waals surface area contributed by atoms with Gasteiger partial charge in [0.1, 0.15) is 12.2 Å². The molecule has 2 amide bonds. The van der Waals surface area contributed by atoms with Crippen LogP contribution in [0.4, 0.5) is 5.69 Å². The highest BCUT2D eigenvalue weighted by atomic mass is 35.5. The smallest absolute Gasteiger partial charge is 0.256 e. The second-order valence-corrected chi connectivity index (χ2v) is 13.6. The van der Waals surface area contributed by atoms with E-state index in [4.69, 9.17) is 25.8 Å². The van der Waals surface area contributed by atoms with E-state index in [0.29, 0.717) is 30.7 Å². The first-order valence-electron chi connectivity index (χ1n) is 15.3.